The Labute approximate surface area is 210 Å². The predicted molar refractivity (Wildman–Crippen MR) is 133 cm³/mol. The molecule has 7 heteroatoms. The number of fused-ring (bicyclic) bond motifs is 3. The highest BCUT2D eigenvalue weighted by Crippen LogP contribution is 2.43. The Morgan fingerprint density at radius 1 is 1.03 bits per heavy atom. The first-order chi connectivity index (χ1) is 17.2. The second kappa shape index (κ2) is 10.2. The van der Waals surface area contributed by atoms with Crippen LogP contribution in [0.5, 0.6) is 5.75 Å². The van der Waals surface area contributed by atoms with Gasteiger partial charge in [0.2, 0.25) is 0 Å². The molecule has 0 spiro atoms. The zero-order valence-electron chi connectivity index (χ0n) is 20.9. The van der Waals surface area contributed by atoms with Gasteiger partial charge in [-0.15, -0.1) is 0 Å². The van der Waals surface area contributed by atoms with Crippen LogP contribution in [0.25, 0.3) is 10.8 Å². The van der Waals surface area contributed by atoms with Crippen LogP contribution in [0.3, 0.4) is 0 Å². The summed E-state index contributed by atoms with van der Waals surface area (Å²) in [5.41, 5.74) is 0.333. The topological polar surface area (TPSA) is 49.8 Å². The van der Waals surface area contributed by atoms with Crippen molar-refractivity contribution in [1.82, 2.24) is 4.90 Å². The maximum atomic E-state index is 14.2. The average Bonchev–Trinajstić information content (AvgIpc) is 3.08. The highest BCUT2D eigenvalue weighted by Gasteiger charge is 2.42. The van der Waals surface area contributed by atoms with E-state index in [1.54, 1.807) is 18.2 Å². The van der Waals surface area contributed by atoms with Crippen molar-refractivity contribution in [3.8, 4) is 5.75 Å². The van der Waals surface area contributed by atoms with Crippen molar-refractivity contribution in [1.29, 1.82) is 0 Å². The van der Waals surface area contributed by atoms with E-state index in [0.717, 1.165) is 63.5 Å². The summed E-state index contributed by atoms with van der Waals surface area (Å²) in [6.45, 7) is 2.97. The SMILES string of the molecule is CCC1CCC(Oc2ccc3cc(CCN4C5CCC4CC(C(=O)O)C5)ccc3c2C(F)(F)F)CC1. The van der Waals surface area contributed by atoms with E-state index in [9.17, 15) is 23.1 Å². The van der Waals surface area contributed by atoms with Gasteiger partial charge < -0.3 is 9.84 Å². The Morgan fingerprint density at radius 2 is 1.72 bits per heavy atom. The molecule has 3 aliphatic rings. The number of rotatable bonds is 7. The lowest BCUT2D eigenvalue weighted by atomic mass is 9.86. The first kappa shape index (κ1) is 25.4. The smallest absolute Gasteiger partial charge is 0.420 e. The zero-order valence-corrected chi connectivity index (χ0v) is 20.9. The van der Waals surface area contributed by atoms with Crippen LogP contribution in [0.15, 0.2) is 30.3 Å². The van der Waals surface area contributed by atoms with Gasteiger partial charge in [0.25, 0.3) is 0 Å². The summed E-state index contributed by atoms with van der Waals surface area (Å²) in [5, 5.41) is 10.2. The number of carboxylic acids is 1. The summed E-state index contributed by atoms with van der Waals surface area (Å²) >= 11 is 0. The van der Waals surface area contributed by atoms with Crippen LogP contribution < -0.4 is 4.74 Å². The molecule has 2 atom stereocenters. The van der Waals surface area contributed by atoms with E-state index in [2.05, 4.69) is 11.8 Å². The first-order valence-corrected chi connectivity index (χ1v) is 13.5. The van der Waals surface area contributed by atoms with Crippen molar-refractivity contribution >= 4 is 16.7 Å². The molecular weight excluding hydrogens is 467 g/mol. The number of ether oxygens (including phenoxy) is 1. The van der Waals surface area contributed by atoms with Crippen molar-refractivity contribution in [2.24, 2.45) is 11.8 Å². The summed E-state index contributed by atoms with van der Waals surface area (Å²) < 4.78 is 48.5. The van der Waals surface area contributed by atoms with Gasteiger partial charge in [0.05, 0.1) is 12.0 Å². The lowest BCUT2D eigenvalue weighted by Crippen LogP contribution is -2.45. The molecule has 0 aromatic heterocycles. The number of halogens is 3. The second-order valence-electron chi connectivity index (χ2n) is 11.0. The number of hydrogen-bond acceptors (Lipinski definition) is 3. The minimum absolute atomic E-state index is 0.0550. The number of benzene rings is 2. The molecule has 3 fully saturated rings. The fourth-order valence-electron chi connectivity index (χ4n) is 6.84. The van der Waals surface area contributed by atoms with Crippen LogP contribution >= 0.6 is 0 Å². The molecule has 1 aliphatic carbocycles. The van der Waals surface area contributed by atoms with Crippen LogP contribution in [0, 0.1) is 11.8 Å². The summed E-state index contributed by atoms with van der Waals surface area (Å²) in [6.07, 6.45) is 4.27. The molecule has 0 radical (unpaired) electrons. The number of hydrogen-bond donors (Lipinski definition) is 1. The van der Waals surface area contributed by atoms with E-state index < -0.39 is 17.7 Å². The lowest BCUT2D eigenvalue weighted by Gasteiger charge is -2.37. The molecule has 2 unspecified atom stereocenters. The molecule has 2 aromatic carbocycles. The molecule has 1 N–H and O–H groups in total. The minimum atomic E-state index is -4.50. The van der Waals surface area contributed by atoms with Crippen molar-refractivity contribution in [3.05, 3.63) is 41.5 Å². The van der Waals surface area contributed by atoms with E-state index >= 15 is 0 Å². The largest absolute Gasteiger partial charge is 0.490 e. The van der Waals surface area contributed by atoms with Gasteiger partial charge in [0.1, 0.15) is 11.3 Å². The van der Waals surface area contributed by atoms with Crippen molar-refractivity contribution in [3.63, 3.8) is 0 Å². The predicted octanol–water partition coefficient (Wildman–Crippen LogP) is 7.08. The third kappa shape index (κ3) is 5.22. The molecule has 2 bridgehead atoms. The van der Waals surface area contributed by atoms with Crippen molar-refractivity contribution in [2.45, 2.75) is 95.5 Å². The highest BCUT2D eigenvalue weighted by atomic mass is 19.4. The Morgan fingerprint density at radius 3 is 2.33 bits per heavy atom. The monoisotopic (exact) mass is 503 g/mol. The molecular formula is C29H36F3NO3. The number of carboxylic acid groups (broad SMARTS) is 1. The van der Waals surface area contributed by atoms with Gasteiger partial charge in [0, 0.05) is 18.6 Å². The molecule has 2 aliphatic heterocycles. The molecule has 0 amide bonds. The van der Waals surface area contributed by atoms with E-state index in [0.29, 0.717) is 36.2 Å². The Hall–Kier alpha value is -2.28. The van der Waals surface area contributed by atoms with E-state index in [1.165, 1.54) is 6.07 Å². The molecule has 5 rings (SSSR count). The third-order valence-electron chi connectivity index (χ3n) is 8.89. The van der Waals surface area contributed by atoms with Gasteiger partial charge in [-0.25, -0.2) is 0 Å². The number of piperidine rings is 1. The van der Waals surface area contributed by atoms with Crippen molar-refractivity contribution < 1.29 is 27.8 Å². The molecule has 196 valence electrons. The highest BCUT2D eigenvalue weighted by molar-refractivity contribution is 5.89. The lowest BCUT2D eigenvalue weighted by molar-refractivity contribution is -0.144. The van der Waals surface area contributed by atoms with Crippen molar-refractivity contribution in [2.75, 3.05) is 6.54 Å². The maximum Gasteiger partial charge on any atom is 0.420 e. The zero-order chi connectivity index (χ0) is 25.4. The Bertz CT molecular complexity index is 1080. The third-order valence-corrected chi connectivity index (χ3v) is 8.89. The first-order valence-electron chi connectivity index (χ1n) is 13.5. The molecule has 2 aromatic rings. The van der Waals surface area contributed by atoms with Crippen LogP contribution in [-0.4, -0.2) is 40.7 Å². The molecule has 2 saturated heterocycles. The summed E-state index contributed by atoms with van der Waals surface area (Å²) in [5.74, 6) is -0.349. The van der Waals surface area contributed by atoms with Crippen LogP contribution in [0.1, 0.15) is 75.8 Å². The van der Waals surface area contributed by atoms with E-state index in [4.69, 9.17) is 4.74 Å². The van der Waals surface area contributed by atoms with Gasteiger partial charge in [0.15, 0.2) is 0 Å². The molecule has 4 nitrogen and oxygen atoms in total. The molecule has 1 saturated carbocycles. The van der Waals surface area contributed by atoms with Gasteiger partial charge in [-0.1, -0.05) is 37.6 Å². The number of carbonyl (C=O) groups is 1. The normalized spacial score (nSPS) is 28.9. The number of alkyl halides is 3. The molecule has 2 heterocycles. The summed E-state index contributed by atoms with van der Waals surface area (Å²) in [7, 11) is 0. The quantitative estimate of drug-likeness (QED) is 0.439. The molecule has 36 heavy (non-hydrogen) atoms. The number of nitrogens with zero attached hydrogens (tertiary/aromatic N) is 1. The van der Waals surface area contributed by atoms with Crippen LogP contribution in [0.2, 0.25) is 0 Å². The fourth-order valence-corrected chi connectivity index (χ4v) is 6.84. The fraction of sp³-hybridized carbons (Fsp3) is 0.621. The minimum Gasteiger partial charge on any atom is -0.490 e. The maximum absolute atomic E-state index is 14.2. The van der Waals surface area contributed by atoms with Crippen LogP contribution in [-0.2, 0) is 17.4 Å². The van der Waals surface area contributed by atoms with Gasteiger partial charge in [-0.05, 0) is 86.1 Å². The average molecular weight is 504 g/mol. The standard InChI is InChI=1S/C29H36F3NO3/c1-2-18-3-9-24(10-4-18)36-26-12-6-20-15-19(5-11-25(20)27(26)29(30,31)32)13-14-33-22-7-8-23(33)17-21(16-22)28(34)35/h5-6,11-12,15,18,21-24H,2-4,7-10,13-14,16-17H2,1H3,(H,34,35). The van der Waals surface area contributed by atoms with Gasteiger partial charge in [-0.2, -0.15) is 13.2 Å². The second-order valence-corrected chi connectivity index (χ2v) is 11.0. The Balaban J connectivity index is 1.31. The van der Waals surface area contributed by atoms with Crippen LogP contribution in [0.4, 0.5) is 13.2 Å². The van der Waals surface area contributed by atoms with Gasteiger partial charge >= 0.3 is 12.1 Å². The summed E-state index contributed by atoms with van der Waals surface area (Å²) in [6, 6.07) is 9.12. The number of aliphatic carboxylic acids is 1. The van der Waals surface area contributed by atoms with Gasteiger partial charge in [-0.3, -0.25) is 9.69 Å². The Kier molecular flexibility index (Phi) is 7.21. The van der Waals surface area contributed by atoms with E-state index in [-0.39, 0.29) is 23.2 Å². The van der Waals surface area contributed by atoms with E-state index in [1.807, 2.05) is 6.07 Å². The summed E-state index contributed by atoms with van der Waals surface area (Å²) in [4.78, 5) is 13.9.